The van der Waals surface area contributed by atoms with E-state index in [1.54, 1.807) is 29.5 Å². The lowest BCUT2D eigenvalue weighted by Crippen LogP contribution is -2.30. The number of thiophene rings is 1. The van der Waals surface area contributed by atoms with Gasteiger partial charge in [-0.2, -0.15) is 4.31 Å². The van der Waals surface area contributed by atoms with E-state index >= 15 is 0 Å². The standard InChI is InChI=1S/C13H16N2O2S2/c1-2-15(10-12-6-4-8-18-12)19(16,17)13-7-3-5-11(14)9-13/h3-9H,2,10,14H2,1H3. The van der Waals surface area contributed by atoms with Crippen LogP contribution in [0.3, 0.4) is 0 Å². The molecule has 0 unspecified atom stereocenters. The highest BCUT2D eigenvalue weighted by atomic mass is 32.2. The summed E-state index contributed by atoms with van der Waals surface area (Å²) in [7, 11) is -3.49. The molecule has 0 amide bonds. The highest BCUT2D eigenvalue weighted by Crippen LogP contribution is 2.21. The molecule has 6 heteroatoms. The minimum absolute atomic E-state index is 0.242. The number of rotatable bonds is 5. The Morgan fingerprint density at radius 2 is 2.05 bits per heavy atom. The zero-order valence-electron chi connectivity index (χ0n) is 10.6. The second-order valence-corrected chi connectivity index (χ2v) is 7.05. The molecule has 102 valence electrons. The summed E-state index contributed by atoms with van der Waals surface area (Å²) < 4.78 is 26.5. The summed E-state index contributed by atoms with van der Waals surface area (Å²) in [5.41, 5.74) is 6.10. The molecule has 0 saturated heterocycles. The molecule has 2 rings (SSSR count). The summed E-state index contributed by atoms with van der Waals surface area (Å²) in [4.78, 5) is 1.26. The molecule has 0 aliphatic heterocycles. The van der Waals surface area contributed by atoms with E-state index in [0.29, 0.717) is 18.8 Å². The van der Waals surface area contributed by atoms with Crippen molar-refractivity contribution >= 4 is 27.0 Å². The second kappa shape index (κ2) is 5.73. The Balaban J connectivity index is 2.31. The lowest BCUT2D eigenvalue weighted by atomic mass is 10.3. The summed E-state index contributed by atoms with van der Waals surface area (Å²) in [5, 5.41) is 1.94. The fourth-order valence-electron chi connectivity index (χ4n) is 1.77. The molecule has 19 heavy (non-hydrogen) atoms. The second-order valence-electron chi connectivity index (χ2n) is 4.08. The van der Waals surface area contributed by atoms with Gasteiger partial charge >= 0.3 is 0 Å². The number of sulfonamides is 1. The van der Waals surface area contributed by atoms with Gasteiger partial charge in [-0.1, -0.05) is 19.1 Å². The van der Waals surface area contributed by atoms with E-state index in [-0.39, 0.29) is 4.90 Å². The third-order valence-corrected chi connectivity index (χ3v) is 5.54. The van der Waals surface area contributed by atoms with E-state index in [1.165, 1.54) is 10.4 Å². The maximum Gasteiger partial charge on any atom is 0.243 e. The van der Waals surface area contributed by atoms with Crippen LogP contribution in [0.25, 0.3) is 0 Å². The molecule has 0 aliphatic carbocycles. The van der Waals surface area contributed by atoms with Gasteiger partial charge in [-0.15, -0.1) is 11.3 Å². The van der Waals surface area contributed by atoms with Crippen molar-refractivity contribution in [3.63, 3.8) is 0 Å². The molecule has 0 aliphatic rings. The first kappa shape index (κ1) is 14.0. The molecule has 0 saturated carbocycles. The van der Waals surface area contributed by atoms with Crippen LogP contribution in [0.15, 0.2) is 46.7 Å². The number of hydrogen-bond acceptors (Lipinski definition) is 4. The summed E-state index contributed by atoms with van der Waals surface area (Å²) >= 11 is 1.55. The molecule has 4 nitrogen and oxygen atoms in total. The Morgan fingerprint density at radius 1 is 1.26 bits per heavy atom. The van der Waals surface area contributed by atoms with E-state index in [0.717, 1.165) is 4.88 Å². The molecule has 1 aromatic carbocycles. The third-order valence-electron chi connectivity index (χ3n) is 2.76. The van der Waals surface area contributed by atoms with Crippen molar-refractivity contribution in [3.8, 4) is 0 Å². The van der Waals surface area contributed by atoms with Crippen molar-refractivity contribution in [2.45, 2.75) is 18.4 Å². The Kier molecular flexibility index (Phi) is 4.24. The Hall–Kier alpha value is -1.37. The van der Waals surface area contributed by atoms with E-state index in [1.807, 2.05) is 24.4 Å². The summed E-state index contributed by atoms with van der Waals surface area (Å²) in [6.07, 6.45) is 0. The first-order valence-corrected chi connectivity index (χ1v) is 8.24. The van der Waals surface area contributed by atoms with Gasteiger partial charge in [0.25, 0.3) is 0 Å². The molecule has 0 fully saturated rings. The molecule has 1 heterocycles. The normalized spacial score (nSPS) is 11.9. The first-order chi connectivity index (χ1) is 9.04. The zero-order chi connectivity index (χ0) is 13.9. The van der Waals surface area contributed by atoms with E-state index in [9.17, 15) is 8.42 Å². The van der Waals surface area contributed by atoms with Crippen LogP contribution < -0.4 is 5.73 Å². The summed E-state index contributed by atoms with van der Waals surface area (Å²) in [6.45, 7) is 2.65. The van der Waals surface area contributed by atoms with Gasteiger partial charge in [0.2, 0.25) is 10.0 Å². The summed E-state index contributed by atoms with van der Waals surface area (Å²) in [6, 6.07) is 10.2. The molecular formula is C13H16N2O2S2. The zero-order valence-corrected chi connectivity index (χ0v) is 12.2. The van der Waals surface area contributed by atoms with Gasteiger partial charge in [-0.05, 0) is 29.6 Å². The lowest BCUT2D eigenvalue weighted by Gasteiger charge is -2.20. The quantitative estimate of drug-likeness (QED) is 0.862. The molecule has 0 atom stereocenters. The van der Waals surface area contributed by atoms with Gasteiger partial charge in [0, 0.05) is 23.7 Å². The van der Waals surface area contributed by atoms with Crippen LogP contribution in [-0.2, 0) is 16.6 Å². The van der Waals surface area contributed by atoms with Crippen molar-refractivity contribution in [3.05, 3.63) is 46.7 Å². The number of nitrogen functional groups attached to an aromatic ring is 1. The van der Waals surface area contributed by atoms with Gasteiger partial charge in [0.1, 0.15) is 0 Å². The number of benzene rings is 1. The highest BCUT2D eigenvalue weighted by Gasteiger charge is 2.23. The molecule has 2 aromatic rings. The molecule has 0 bridgehead atoms. The van der Waals surface area contributed by atoms with Gasteiger partial charge in [0.05, 0.1) is 4.90 Å². The minimum atomic E-state index is -3.49. The highest BCUT2D eigenvalue weighted by molar-refractivity contribution is 7.89. The smallest absolute Gasteiger partial charge is 0.243 e. The van der Waals surface area contributed by atoms with Crippen LogP contribution in [0.2, 0.25) is 0 Å². The van der Waals surface area contributed by atoms with E-state index < -0.39 is 10.0 Å². The van der Waals surface area contributed by atoms with Gasteiger partial charge in [0.15, 0.2) is 0 Å². The molecule has 0 radical (unpaired) electrons. The van der Waals surface area contributed by atoms with Crippen LogP contribution in [0.1, 0.15) is 11.8 Å². The van der Waals surface area contributed by atoms with Crippen LogP contribution in [0.4, 0.5) is 5.69 Å². The number of hydrogen-bond donors (Lipinski definition) is 1. The Bertz CT molecular complexity index is 636. The largest absolute Gasteiger partial charge is 0.399 e. The maximum absolute atomic E-state index is 12.5. The van der Waals surface area contributed by atoms with Gasteiger partial charge < -0.3 is 5.73 Å². The monoisotopic (exact) mass is 296 g/mol. The molecule has 2 N–H and O–H groups in total. The van der Waals surface area contributed by atoms with Crippen LogP contribution in [0, 0.1) is 0 Å². The molecule has 0 spiro atoms. The average molecular weight is 296 g/mol. The predicted octanol–water partition coefficient (Wildman–Crippen LogP) is 2.54. The van der Waals surface area contributed by atoms with Crippen molar-refractivity contribution < 1.29 is 8.42 Å². The van der Waals surface area contributed by atoms with Gasteiger partial charge in [-0.3, -0.25) is 0 Å². The maximum atomic E-state index is 12.5. The number of nitrogens with zero attached hydrogens (tertiary/aromatic N) is 1. The Morgan fingerprint density at radius 3 is 2.63 bits per heavy atom. The number of anilines is 1. The Labute approximate surface area is 117 Å². The van der Waals surface area contributed by atoms with Crippen LogP contribution >= 0.6 is 11.3 Å². The van der Waals surface area contributed by atoms with E-state index in [4.69, 9.17) is 5.73 Å². The van der Waals surface area contributed by atoms with E-state index in [2.05, 4.69) is 0 Å². The predicted molar refractivity (Wildman–Crippen MR) is 78.4 cm³/mol. The van der Waals surface area contributed by atoms with Crippen LogP contribution in [0.5, 0.6) is 0 Å². The summed E-state index contributed by atoms with van der Waals surface area (Å²) in [5.74, 6) is 0. The third kappa shape index (κ3) is 3.15. The molecular weight excluding hydrogens is 280 g/mol. The number of nitrogens with two attached hydrogens (primary N) is 1. The minimum Gasteiger partial charge on any atom is -0.399 e. The topological polar surface area (TPSA) is 63.4 Å². The molecule has 1 aromatic heterocycles. The average Bonchev–Trinajstić information content (AvgIpc) is 2.88. The fraction of sp³-hybridized carbons (Fsp3) is 0.231. The van der Waals surface area contributed by atoms with Crippen molar-refractivity contribution in [1.29, 1.82) is 0 Å². The van der Waals surface area contributed by atoms with Gasteiger partial charge in [-0.25, -0.2) is 8.42 Å². The fourth-order valence-corrected chi connectivity index (χ4v) is 4.05. The SMILES string of the molecule is CCN(Cc1cccs1)S(=O)(=O)c1cccc(N)c1. The van der Waals surface area contributed by atoms with Crippen molar-refractivity contribution in [2.75, 3.05) is 12.3 Å². The first-order valence-electron chi connectivity index (χ1n) is 5.92. The lowest BCUT2D eigenvalue weighted by molar-refractivity contribution is 0.426. The van der Waals surface area contributed by atoms with Crippen LogP contribution in [-0.4, -0.2) is 19.3 Å². The van der Waals surface area contributed by atoms with Crippen molar-refractivity contribution in [1.82, 2.24) is 4.31 Å². The van der Waals surface area contributed by atoms with Crippen molar-refractivity contribution in [2.24, 2.45) is 0 Å².